The Kier molecular flexibility index (Phi) is 5.85. The Labute approximate surface area is 183 Å². The fourth-order valence-electron chi connectivity index (χ4n) is 4.24. The van der Waals surface area contributed by atoms with Crippen LogP contribution >= 0.6 is 0 Å². The molecule has 0 spiro atoms. The van der Waals surface area contributed by atoms with Gasteiger partial charge in [-0.2, -0.15) is 4.31 Å². The molecule has 0 bridgehead atoms. The van der Waals surface area contributed by atoms with E-state index >= 15 is 0 Å². The second-order valence-corrected chi connectivity index (χ2v) is 10.2. The number of carbonyl (C=O) groups is 1. The zero-order valence-electron chi connectivity index (χ0n) is 18.1. The van der Waals surface area contributed by atoms with E-state index in [1.807, 2.05) is 30.3 Å². The predicted octanol–water partition coefficient (Wildman–Crippen LogP) is 3.23. The highest BCUT2D eigenvalue weighted by Gasteiger charge is 2.32. The first kappa shape index (κ1) is 21.5. The monoisotopic (exact) mass is 440 g/mol. The molecule has 7 nitrogen and oxygen atoms in total. The summed E-state index contributed by atoms with van der Waals surface area (Å²) in [5.74, 6) is 0.0328. The van der Waals surface area contributed by atoms with E-state index in [0.29, 0.717) is 36.9 Å². The Morgan fingerprint density at radius 1 is 1.26 bits per heavy atom. The number of amides is 1. The standard InChI is InChI=1S/C23H28N4O3S/c1-16-7-6-12-27(15-16)31(29,30)22-13-21(26(3)17(22)2)23(28)25-14-18-8-4-10-20-19(18)9-5-11-24-20/h4-5,8-11,13,16H,6-7,12,14-15H2,1-3H3,(H,25,28)/t16-/m1/s1. The van der Waals surface area contributed by atoms with Crippen molar-refractivity contribution in [2.45, 2.75) is 38.1 Å². The van der Waals surface area contributed by atoms with Gasteiger partial charge in [0.15, 0.2) is 0 Å². The van der Waals surface area contributed by atoms with Crippen molar-refractivity contribution in [1.29, 1.82) is 0 Å². The number of piperidine rings is 1. The van der Waals surface area contributed by atoms with Gasteiger partial charge in [0, 0.05) is 44.0 Å². The number of carbonyl (C=O) groups excluding carboxylic acids is 1. The van der Waals surface area contributed by atoms with Crippen LogP contribution in [0.15, 0.2) is 47.5 Å². The molecule has 1 aromatic carbocycles. The maximum atomic E-state index is 13.2. The molecule has 8 heteroatoms. The average molecular weight is 441 g/mol. The van der Waals surface area contributed by atoms with E-state index in [0.717, 1.165) is 29.3 Å². The zero-order valence-corrected chi connectivity index (χ0v) is 18.9. The molecule has 1 saturated heterocycles. The number of rotatable bonds is 5. The minimum Gasteiger partial charge on any atom is -0.347 e. The minimum atomic E-state index is -3.63. The summed E-state index contributed by atoms with van der Waals surface area (Å²) in [6.07, 6.45) is 3.64. The number of pyridine rings is 1. The van der Waals surface area contributed by atoms with Crippen molar-refractivity contribution in [2.75, 3.05) is 13.1 Å². The molecule has 1 atom stereocenters. The number of hydrogen-bond donors (Lipinski definition) is 1. The Morgan fingerprint density at radius 3 is 2.84 bits per heavy atom. The SMILES string of the molecule is Cc1c(S(=O)(=O)N2CCC[C@@H](C)C2)cc(C(=O)NCc2cccc3ncccc23)n1C. The first-order chi connectivity index (χ1) is 14.8. The lowest BCUT2D eigenvalue weighted by Crippen LogP contribution is -2.39. The molecule has 0 saturated carbocycles. The minimum absolute atomic E-state index is 0.212. The average Bonchev–Trinajstić information content (AvgIpc) is 3.07. The normalized spacial score (nSPS) is 17.7. The summed E-state index contributed by atoms with van der Waals surface area (Å²) >= 11 is 0. The zero-order chi connectivity index (χ0) is 22.2. The van der Waals surface area contributed by atoms with Crippen LogP contribution in [0.25, 0.3) is 10.9 Å². The van der Waals surface area contributed by atoms with Crippen LogP contribution in [0.4, 0.5) is 0 Å². The third kappa shape index (κ3) is 4.09. The van der Waals surface area contributed by atoms with Crippen LogP contribution in [0, 0.1) is 12.8 Å². The predicted molar refractivity (Wildman–Crippen MR) is 120 cm³/mol. The molecular formula is C23H28N4O3S. The number of hydrogen-bond acceptors (Lipinski definition) is 4. The van der Waals surface area contributed by atoms with Crippen molar-refractivity contribution in [3.63, 3.8) is 0 Å². The smallest absolute Gasteiger partial charge is 0.268 e. The van der Waals surface area contributed by atoms with Crippen LogP contribution in [0.3, 0.4) is 0 Å². The van der Waals surface area contributed by atoms with E-state index in [4.69, 9.17) is 0 Å². The van der Waals surface area contributed by atoms with Crippen LogP contribution in [-0.2, 0) is 23.6 Å². The van der Waals surface area contributed by atoms with E-state index in [-0.39, 0.29) is 10.8 Å². The molecule has 3 aromatic rings. The van der Waals surface area contributed by atoms with Gasteiger partial charge < -0.3 is 9.88 Å². The van der Waals surface area contributed by atoms with Gasteiger partial charge in [-0.05, 0) is 49.4 Å². The van der Waals surface area contributed by atoms with Gasteiger partial charge in [0.05, 0.1) is 5.52 Å². The van der Waals surface area contributed by atoms with Crippen molar-refractivity contribution >= 4 is 26.8 Å². The van der Waals surface area contributed by atoms with Crippen molar-refractivity contribution in [2.24, 2.45) is 13.0 Å². The Hall–Kier alpha value is -2.71. The number of fused-ring (bicyclic) bond motifs is 1. The van der Waals surface area contributed by atoms with Crippen molar-refractivity contribution in [1.82, 2.24) is 19.2 Å². The highest BCUT2D eigenvalue weighted by molar-refractivity contribution is 7.89. The topological polar surface area (TPSA) is 84.3 Å². The molecule has 1 aliphatic heterocycles. The van der Waals surface area contributed by atoms with E-state index in [9.17, 15) is 13.2 Å². The highest BCUT2D eigenvalue weighted by atomic mass is 32.2. The molecule has 1 amide bonds. The molecule has 164 valence electrons. The molecule has 2 aromatic heterocycles. The van der Waals surface area contributed by atoms with Crippen LogP contribution in [-0.4, -0.2) is 41.3 Å². The Bertz CT molecular complexity index is 1230. The van der Waals surface area contributed by atoms with Crippen LogP contribution in [0.2, 0.25) is 0 Å². The van der Waals surface area contributed by atoms with E-state index in [1.165, 1.54) is 6.07 Å². The maximum Gasteiger partial charge on any atom is 0.268 e. The summed E-state index contributed by atoms with van der Waals surface area (Å²) in [6.45, 7) is 5.19. The van der Waals surface area contributed by atoms with Gasteiger partial charge in [-0.1, -0.05) is 25.1 Å². The highest BCUT2D eigenvalue weighted by Crippen LogP contribution is 2.27. The van der Waals surface area contributed by atoms with Gasteiger partial charge in [-0.25, -0.2) is 8.42 Å². The molecular weight excluding hydrogens is 412 g/mol. The second-order valence-electron chi connectivity index (χ2n) is 8.32. The summed E-state index contributed by atoms with van der Waals surface area (Å²) in [7, 11) is -1.91. The number of nitrogens with zero attached hydrogens (tertiary/aromatic N) is 3. The molecule has 31 heavy (non-hydrogen) atoms. The second kappa shape index (κ2) is 8.43. The molecule has 0 aliphatic carbocycles. The maximum absolute atomic E-state index is 13.2. The lowest BCUT2D eigenvalue weighted by atomic mass is 10.0. The van der Waals surface area contributed by atoms with Gasteiger partial charge in [-0.3, -0.25) is 9.78 Å². The van der Waals surface area contributed by atoms with Crippen LogP contribution in [0.1, 0.15) is 41.5 Å². The summed E-state index contributed by atoms with van der Waals surface area (Å²) in [4.78, 5) is 17.5. The number of sulfonamides is 1. The molecule has 3 heterocycles. The largest absolute Gasteiger partial charge is 0.347 e. The van der Waals surface area contributed by atoms with Gasteiger partial charge in [0.25, 0.3) is 5.91 Å². The van der Waals surface area contributed by atoms with Crippen LogP contribution < -0.4 is 5.32 Å². The summed E-state index contributed by atoms with van der Waals surface area (Å²) in [5, 5.41) is 3.91. The third-order valence-electron chi connectivity index (χ3n) is 6.13. The lowest BCUT2D eigenvalue weighted by Gasteiger charge is -2.29. The van der Waals surface area contributed by atoms with Gasteiger partial charge in [0.1, 0.15) is 10.6 Å². The van der Waals surface area contributed by atoms with Gasteiger partial charge >= 0.3 is 0 Å². The van der Waals surface area contributed by atoms with E-state index < -0.39 is 10.0 Å². The summed E-state index contributed by atoms with van der Waals surface area (Å²) in [5.41, 5.74) is 2.73. The van der Waals surface area contributed by atoms with Crippen molar-refractivity contribution in [3.05, 3.63) is 59.5 Å². The Morgan fingerprint density at radius 2 is 2.06 bits per heavy atom. The number of nitrogens with one attached hydrogen (secondary N) is 1. The fourth-order valence-corrected chi connectivity index (χ4v) is 6.11. The number of benzene rings is 1. The third-order valence-corrected chi connectivity index (χ3v) is 8.12. The molecule has 0 unspecified atom stereocenters. The van der Waals surface area contributed by atoms with E-state index in [1.54, 1.807) is 29.0 Å². The first-order valence-corrected chi connectivity index (χ1v) is 12.0. The quantitative estimate of drug-likeness (QED) is 0.660. The van der Waals surface area contributed by atoms with Crippen LogP contribution in [0.5, 0.6) is 0 Å². The molecule has 1 aliphatic rings. The molecule has 1 fully saturated rings. The van der Waals surface area contributed by atoms with Gasteiger partial charge in [0.2, 0.25) is 10.0 Å². The molecule has 1 N–H and O–H groups in total. The van der Waals surface area contributed by atoms with Crippen molar-refractivity contribution in [3.8, 4) is 0 Å². The lowest BCUT2D eigenvalue weighted by molar-refractivity contribution is 0.0942. The summed E-state index contributed by atoms with van der Waals surface area (Å²) in [6, 6.07) is 11.1. The van der Waals surface area contributed by atoms with Gasteiger partial charge in [-0.15, -0.1) is 0 Å². The summed E-state index contributed by atoms with van der Waals surface area (Å²) < 4.78 is 29.7. The van der Waals surface area contributed by atoms with Crippen molar-refractivity contribution < 1.29 is 13.2 Å². The Balaban J connectivity index is 1.57. The van der Waals surface area contributed by atoms with E-state index in [2.05, 4.69) is 17.2 Å². The fraction of sp³-hybridized carbons (Fsp3) is 0.391. The molecule has 4 rings (SSSR count). The number of aromatic nitrogens is 2. The molecule has 0 radical (unpaired) electrons. The first-order valence-electron chi connectivity index (χ1n) is 10.6.